The zero-order valence-corrected chi connectivity index (χ0v) is 14.6. The first-order chi connectivity index (χ1) is 11.6. The summed E-state index contributed by atoms with van der Waals surface area (Å²) in [4.78, 5) is 23.3. The van der Waals surface area contributed by atoms with Gasteiger partial charge in [-0.15, -0.1) is 0 Å². The average Bonchev–Trinajstić information content (AvgIpc) is 2.58. The highest BCUT2D eigenvalue weighted by atomic mass is 79.9. The lowest BCUT2D eigenvalue weighted by atomic mass is 10.2. The normalized spacial score (nSPS) is 9.92. The van der Waals surface area contributed by atoms with Gasteiger partial charge in [-0.3, -0.25) is 0 Å². The Morgan fingerprint density at radius 3 is 2.67 bits per heavy atom. The van der Waals surface area contributed by atoms with Gasteiger partial charge in [-0.05, 0) is 36.4 Å². The fraction of sp³-hybridized carbons (Fsp3) is 0.176. The van der Waals surface area contributed by atoms with Gasteiger partial charge in [0.2, 0.25) is 0 Å². The Kier molecular flexibility index (Phi) is 6.62. The van der Waals surface area contributed by atoms with Crippen LogP contribution in [0.1, 0.15) is 10.4 Å². The number of amides is 2. The lowest BCUT2D eigenvalue weighted by molar-refractivity contribution is 0.0600. The fourth-order valence-corrected chi connectivity index (χ4v) is 2.29. The predicted octanol–water partition coefficient (Wildman–Crippen LogP) is 3.44. The molecule has 126 valence electrons. The van der Waals surface area contributed by atoms with Crippen molar-refractivity contribution >= 4 is 33.6 Å². The number of halogens is 1. The molecule has 0 aromatic heterocycles. The number of esters is 1. The van der Waals surface area contributed by atoms with Crippen molar-refractivity contribution in [1.29, 1.82) is 0 Å². The summed E-state index contributed by atoms with van der Waals surface area (Å²) >= 11 is 3.36. The molecule has 2 amide bonds. The van der Waals surface area contributed by atoms with Crippen LogP contribution in [0.15, 0.2) is 53.0 Å². The van der Waals surface area contributed by atoms with Crippen LogP contribution in [0, 0.1) is 0 Å². The molecule has 24 heavy (non-hydrogen) atoms. The van der Waals surface area contributed by atoms with Gasteiger partial charge in [-0.1, -0.05) is 28.1 Å². The van der Waals surface area contributed by atoms with Crippen LogP contribution in [0.3, 0.4) is 0 Å². The van der Waals surface area contributed by atoms with Gasteiger partial charge >= 0.3 is 12.0 Å². The lowest BCUT2D eigenvalue weighted by Gasteiger charge is -2.10. The number of rotatable bonds is 6. The number of urea groups is 1. The van der Waals surface area contributed by atoms with Crippen LogP contribution in [0.4, 0.5) is 10.5 Å². The Morgan fingerprint density at radius 2 is 1.92 bits per heavy atom. The number of carbonyl (C=O) groups is 2. The van der Waals surface area contributed by atoms with E-state index in [1.807, 2.05) is 24.3 Å². The molecular weight excluding hydrogens is 376 g/mol. The summed E-state index contributed by atoms with van der Waals surface area (Å²) in [5.41, 5.74) is 0.872. The SMILES string of the molecule is COC(=O)c1cccc(NC(=O)NCCOc2cccc(Br)c2)c1. The number of benzene rings is 2. The molecular formula is C17H17BrN2O4. The van der Waals surface area contributed by atoms with E-state index in [1.165, 1.54) is 7.11 Å². The van der Waals surface area contributed by atoms with Gasteiger partial charge in [0, 0.05) is 10.2 Å². The Balaban J connectivity index is 1.76. The molecule has 2 aromatic carbocycles. The third-order valence-corrected chi connectivity index (χ3v) is 3.49. The van der Waals surface area contributed by atoms with Crippen LogP contribution in [0.5, 0.6) is 5.75 Å². The molecule has 2 aromatic rings. The number of hydrogen-bond donors (Lipinski definition) is 2. The van der Waals surface area contributed by atoms with Crippen LogP contribution < -0.4 is 15.4 Å². The largest absolute Gasteiger partial charge is 0.492 e. The number of ether oxygens (including phenoxy) is 2. The van der Waals surface area contributed by atoms with Gasteiger partial charge in [-0.2, -0.15) is 0 Å². The third kappa shape index (κ3) is 5.58. The summed E-state index contributed by atoms with van der Waals surface area (Å²) in [6, 6.07) is 13.6. The first kappa shape index (κ1) is 17.8. The van der Waals surface area contributed by atoms with Crippen LogP contribution in [0.25, 0.3) is 0 Å². The quantitative estimate of drug-likeness (QED) is 0.583. The minimum atomic E-state index is -0.457. The molecule has 0 aliphatic heterocycles. The van der Waals surface area contributed by atoms with E-state index in [0.29, 0.717) is 24.4 Å². The van der Waals surface area contributed by atoms with Crippen molar-refractivity contribution in [2.45, 2.75) is 0 Å². The molecule has 0 aliphatic carbocycles. The molecule has 2 rings (SSSR count). The Morgan fingerprint density at radius 1 is 1.12 bits per heavy atom. The maximum atomic E-state index is 11.8. The molecule has 0 heterocycles. The molecule has 0 saturated heterocycles. The minimum Gasteiger partial charge on any atom is -0.492 e. The standard InChI is InChI=1S/C17H17BrN2O4/c1-23-16(21)12-4-2-6-14(10-12)20-17(22)19-8-9-24-15-7-3-5-13(18)11-15/h2-7,10-11H,8-9H2,1H3,(H2,19,20,22). The summed E-state index contributed by atoms with van der Waals surface area (Å²) < 4.78 is 11.1. The van der Waals surface area contributed by atoms with E-state index in [-0.39, 0.29) is 6.03 Å². The van der Waals surface area contributed by atoms with E-state index in [1.54, 1.807) is 24.3 Å². The van der Waals surface area contributed by atoms with Gasteiger partial charge in [0.25, 0.3) is 0 Å². The highest BCUT2D eigenvalue weighted by molar-refractivity contribution is 9.10. The molecule has 2 N–H and O–H groups in total. The number of nitrogens with one attached hydrogen (secondary N) is 2. The van der Waals surface area contributed by atoms with Gasteiger partial charge in [-0.25, -0.2) is 9.59 Å². The summed E-state index contributed by atoms with van der Waals surface area (Å²) in [7, 11) is 1.31. The van der Waals surface area contributed by atoms with E-state index in [9.17, 15) is 9.59 Å². The molecule has 0 aliphatic rings. The van der Waals surface area contributed by atoms with E-state index in [0.717, 1.165) is 10.2 Å². The molecule has 0 bridgehead atoms. The number of methoxy groups -OCH3 is 1. The minimum absolute atomic E-state index is 0.339. The van der Waals surface area contributed by atoms with Gasteiger partial charge in [0.05, 0.1) is 19.2 Å². The molecule has 6 nitrogen and oxygen atoms in total. The second kappa shape index (κ2) is 8.93. The van der Waals surface area contributed by atoms with Crippen molar-refractivity contribution < 1.29 is 19.1 Å². The monoisotopic (exact) mass is 392 g/mol. The second-order valence-electron chi connectivity index (χ2n) is 4.76. The molecule has 0 spiro atoms. The third-order valence-electron chi connectivity index (χ3n) is 2.99. The smallest absolute Gasteiger partial charge is 0.337 e. The number of hydrogen-bond acceptors (Lipinski definition) is 4. The van der Waals surface area contributed by atoms with Crippen molar-refractivity contribution in [2.24, 2.45) is 0 Å². The number of carbonyl (C=O) groups excluding carboxylic acids is 2. The van der Waals surface area contributed by atoms with Crippen molar-refractivity contribution in [1.82, 2.24) is 5.32 Å². The lowest BCUT2D eigenvalue weighted by Crippen LogP contribution is -2.32. The highest BCUT2D eigenvalue weighted by Crippen LogP contribution is 2.17. The van der Waals surface area contributed by atoms with Gasteiger partial charge < -0.3 is 20.1 Å². The Labute approximate surface area is 148 Å². The van der Waals surface area contributed by atoms with Crippen molar-refractivity contribution in [3.05, 3.63) is 58.6 Å². The molecule has 0 unspecified atom stereocenters. The summed E-state index contributed by atoms with van der Waals surface area (Å²) in [5, 5.41) is 5.32. The van der Waals surface area contributed by atoms with Crippen LogP contribution >= 0.6 is 15.9 Å². The molecule has 0 saturated carbocycles. The molecule has 0 fully saturated rings. The van der Waals surface area contributed by atoms with E-state index >= 15 is 0 Å². The first-order valence-corrected chi connectivity index (χ1v) is 7.99. The fourth-order valence-electron chi connectivity index (χ4n) is 1.91. The zero-order chi connectivity index (χ0) is 17.4. The highest BCUT2D eigenvalue weighted by Gasteiger charge is 2.07. The van der Waals surface area contributed by atoms with Crippen LogP contribution in [-0.4, -0.2) is 32.3 Å². The predicted molar refractivity (Wildman–Crippen MR) is 94.4 cm³/mol. The van der Waals surface area contributed by atoms with E-state index in [2.05, 4.69) is 31.3 Å². The summed E-state index contributed by atoms with van der Waals surface area (Å²) in [5.74, 6) is 0.263. The Hall–Kier alpha value is -2.54. The van der Waals surface area contributed by atoms with Crippen LogP contribution in [-0.2, 0) is 4.74 Å². The van der Waals surface area contributed by atoms with Crippen LogP contribution in [0.2, 0.25) is 0 Å². The van der Waals surface area contributed by atoms with E-state index < -0.39 is 5.97 Å². The maximum absolute atomic E-state index is 11.8. The van der Waals surface area contributed by atoms with Crippen molar-refractivity contribution in [3.63, 3.8) is 0 Å². The molecule has 0 atom stereocenters. The number of anilines is 1. The van der Waals surface area contributed by atoms with Crippen molar-refractivity contribution in [2.75, 3.05) is 25.6 Å². The first-order valence-electron chi connectivity index (χ1n) is 7.20. The summed E-state index contributed by atoms with van der Waals surface area (Å²) in [6.07, 6.45) is 0. The van der Waals surface area contributed by atoms with Gasteiger partial charge in [0.1, 0.15) is 12.4 Å². The zero-order valence-electron chi connectivity index (χ0n) is 13.0. The summed E-state index contributed by atoms with van der Waals surface area (Å²) in [6.45, 7) is 0.682. The molecule has 0 radical (unpaired) electrons. The van der Waals surface area contributed by atoms with Crippen molar-refractivity contribution in [3.8, 4) is 5.75 Å². The van der Waals surface area contributed by atoms with Gasteiger partial charge in [0.15, 0.2) is 0 Å². The molecule has 7 heteroatoms. The topological polar surface area (TPSA) is 76.7 Å². The maximum Gasteiger partial charge on any atom is 0.337 e. The Bertz CT molecular complexity index is 721. The van der Waals surface area contributed by atoms with E-state index in [4.69, 9.17) is 4.74 Å². The average molecular weight is 393 g/mol. The second-order valence-corrected chi connectivity index (χ2v) is 5.67.